The third-order valence-corrected chi connectivity index (χ3v) is 18.1. The minimum Gasteiger partial charge on any atom is -0.309 e. The number of anilines is 2. The Labute approximate surface area is 393 Å². The minimum absolute atomic E-state index is 0.147. The summed E-state index contributed by atoms with van der Waals surface area (Å²) in [6.07, 6.45) is 10.4. The predicted molar refractivity (Wildman–Crippen MR) is 279 cm³/mol. The third kappa shape index (κ3) is 4.89. The van der Waals surface area contributed by atoms with Crippen LogP contribution in [-0.2, 0) is 5.41 Å². The van der Waals surface area contributed by atoms with E-state index in [-0.39, 0.29) is 5.41 Å². The molecule has 4 fully saturated rings. The molecule has 0 N–H and O–H groups in total. The van der Waals surface area contributed by atoms with Gasteiger partial charge in [-0.2, -0.15) is 0 Å². The van der Waals surface area contributed by atoms with Crippen LogP contribution >= 0.6 is 0 Å². The molecule has 0 saturated heterocycles. The molecule has 6 aliphatic carbocycles. The molecule has 9 aromatic carbocycles. The molecule has 0 aromatic heterocycles. The molecule has 15 rings (SSSR count). The van der Waals surface area contributed by atoms with E-state index in [1.807, 2.05) is 0 Å². The molecule has 0 amide bonds. The summed E-state index contributed by atoms with van der Waals surface area (Å²) in [7, 11) is 0. The Balaban J connectivity index is 0.963. The molecule has 5 atom stereocenters. The zero-order chi connectivity index (χ0) is 44.0. The van der Waals surface area contributed by atoms with Crippen molar-refractivity contribution in [2.75, 3.05) is 4.90 Å². The lowest BCUT2D eigenvalue weighted by Gasteiger charge is -2.92. The SMILES string of the molecule is CC1C=C(c2cccc3cccc(-c4ccccc4)c23)C(N(c2ccccc2-c2ccc3c(c2)C2(c4ccccc4-3)C3CC4CC5CC2C453)c2ccccc2-c2cccc3ccccc23)=CC1. The normalized spacial score (nSPS) is 25.6. The van der Waals surface area contributed by atoms with Crippen molar-refractivity contribution in [1.29, 1.82) is 0 Å². The van der Waals surface area contributed by atoms with Crippen LogP contribution in [0.25, 0.3) is 71.6 Å². The maximum atomic E-state index is 2.67. The molecule has 1 heteroatoms. The van der Waals surface area contributed by atoms with Crippen LogP contribution in [0.3, 0.4) is 0 Å². The van der Waals surface area contributed by atoms with Crippen molar-refractivity contribution in [3.63, 3.8) is 0 Å². The van der Waals surface area contributed by atoms with E-state index in [0.717, 1.165) is 30.1 Å². The summed E-state index contributed by atoms with van der Waals surface area (Å²) in [6, 6.07) is 75.9. The highest BCUT2D eigenvalue weighted by atomic mass is 15.2. The molecule has 0 radical (unpaired) electrons. The number of hydrogen-bond donors (Lipinski definition) is 0. The third-order valence-electron chi connectivity index (χ3n) is 18.1. The van der Waals surface area contributed by atoms with Crippen LogP contribution in [0.4, 0.5) is 11.4 Å². The van der Waals surface area contributed by atoms with Gasteiger partial charge in [-0.3, -0.25) is 0 Å². The molecular weight excluding hydrogens is 807 g/mol. The first-order valence-corrected chi connectivity index (χ1v) is 24.8. The van der Waals surface area contributed by atoms with Gasteiger partial charge < -0.3 is 4.90 Å². The Morgan fingerprint density at radius 3 is 1.84 bits per heavy atom. The minimum atomic E-state index is 0.147. The van der Waals surface area contributed by atoms with Gasteiger partial charge in [-0.1, -0.05) is 201 Å². The van der Waals surface area contributed by atoms with Gasteiger partial charge >= 0.3 is 0 Å². The number of para-hydroxylation sites is 2. The predicted octanol–water partition coefficient (Wildman–Crippen LogP) is 17.1. The average molecular weight is 858 g/mol. The van der Waals surface area contributed by atoms with Gasteiger partial charge in [-0.25, -0.2) is 0 Å². The van der Waals surface area contributed by atoms with Crippen molar-refractivity contribution < 1.29 is 0 Å². The lowest BCUT2D eigenvalue weighted by Crippen LogP contribution is -2.88. The molecule has 4 saturated carbocycles. The molecule has 0 heterocycles. The largest absolute Gasteiger partial charge is 0.309 e. The van der Waals surface area contributed by atoms with E-state index in [1.165, 1.54) is 114 Å². The Kier molecular flexibility index (Phi) is 7.88. The fraction of sp³-hybridized carbons (Fsp3) is 0.182. The second kappa shape index (κ2) is 13.9. The van der Waals surface area contributed by atoms with E-state index < -0.39 is 0 Å². The van der Waals surface area contributed by atoms with Crippen LogP contribution in [0.2, 0.25) is 0 Å². The van der Waals surface area contributed by atoms with E-state index in [4.69, 9.17) is 0 Å². The van der Waals surface area contributed by atoms with Gasteiger partial charge in [-0.15, -0.1) is 0 Å². The highest BCUT2D eigenvalue weighted by Gasteiger charge is 2.90. The first kappa shape index (κ1) is 37.9. The number of allylic oxidation sites excluding steroid dienone is 3. The summed E-state index contributed by atoms with van der Waals surface area (Å²) in [5.74, 6) is 3.88. The number of fused-ring (bicyclic) bond motifs is 9. The van der Waals surface area contributed by atoms with Crippen LogP contribution < -0.4 is 4.90 Å². The molecule has 5 unspecified atom stereocenters. The maximum absolute atomic E-state index is 2.67. The van der Waals surface area contributed by atoms with Crippen LogP contribution in [0.5, 0.6) is 0 Å². The zero-order valence-corrected chi connectivity index (χ0v) is 37.9. The number of nitrogens with zero attached hydrogens (tertiary/aromatic N) is 1. The smallest absolute Gasteiger partial charge is 0.0540 e. The van der Waals surface area contributed by atoms with Crippen molar-refractivity contribution in [2.45, 2.75) is 38.0 Å². The number of benzene rings is 9. The van der Waals surface area contributed by atoms with Crippen LogP contribution in [0.1, 0.15) is 49.3 Å². The number of rotatable bonds is 7. The number of hydrogen-bond acceptors (Lipinski definition) is 1. The van der Waals surface area contributed by atoms with Crippen molar-refractivity contribution in [2.24, 2.45) is 35.0 Å². The first-order chi connectivity index (χ1) is 33.1. The first-order valence-electron chi connectivity index (χ1n) is 24.8. The van der Waals surface area contributed by atoms with Crippen molar-refractivity contribution in [3.05, 3.63) is 235 Å². The van der Waals surface area contributed by atoms with E-state index in [2.05, 4.69) is 224 Å². The van der Waals surface area contributed by atoms with E-state index in [9.17, 15) is 0 Å². The maximum Gasteiger partial charge on any atom is 0.0540 e. The molecule has 320 valence electrons. The van der Waals surface area contributed by atoms with Gasteiger partial charge in [0.1, 0.15) is 0 Å². The molecule has 6 aliphatic rings. The molecule has 67 heavy (non-hydrogen) atoms. The van der Waals surface area contributed by atoms with Gasteiger partial charge in [0.2, 0.25) is 0 Å². The molecule has 0 bridgehead atoms. The quantitative estimate of drug-likeness (QED) is 0.154. The van der Waals surface area contributed by atoms with Crippen molar-refractivity contribution in [3.8, 4) is 44.5 Å². The highest BCUT2D eigenvalue weighted by molar-refractivity contribution is 6.09. The van der Waals surface area contributed by atoms with E-state index in [0.29, 0.717) is 11.3 Å². The molecule has 0 aliphatic heterocycles. The molecule has 2 spiro atoms. The van der Waals surface area contributed by atoms with Gasteiger partial charge in [-0.05, 0) is 151 Å². The standard InChI is InChI=1S/C66H51N/c1-41-32-35-61(56(36-41)55-28-15-21-44-20-14-26-50(64(44)55)43-16-3-2-4-17-43)67(60-31-12-9-25-54(60)51-27-13-19-42-18-5-6-22-48(42)51)59-30-11-8-23-49(59)45-33-34-53-52-24-7-10-29-57(52)66(58(53)37-45)62-39-46-38-47-40-63(66)65(46,47)62/h2-31,33-37,41,46-47,62-63H,32,38-40H2,1H3. The fourth-order valence-corrected chi connectivity index (χ4v) is 15.5. The second-order valence-corrected chi connectivity index (χ2v) is 20.7. The van der Waals surface area contributed by atoms with E-state index >= 15 is 0 Å². The van der Waals surface area contributed by atoms with Crippen LogP contribution in [0, 0.1) is 35.0 Å². The lowest BCUT2D eigenvalue weighted by atomic mass is 9.11. The summed E-state index contributed by atoms with van der Waals surface area (Å²) in [6.45, 7) is 2.38. The topological polar surface area (TPSA) is 3.24 Å². The molecule has 1 nitrogen and oxygen atoms in total. The van der Waals surface area contributed by atoms with Crippen LogP contribution in [0.15, 0.2) is 218 Å². The monoisotopic (exact) mass is 857 g/mol. The second-order valence-electron chi connectivity index (χ2n) is 20.7. The van der Waals surface area contributed by atoms with E-state index in [1.54, 1.807) is 11.1 Å². The van der Waals surface area contributed by atoms with Gasteiger partial charge in [0.25, 0.3) is 0 Å². The summed E-state index contributed by atoms with van der Waals surface area (Å²) in [5, 5.41) is 5.06. The van der Waals surface area contributed by atoms with Crippen molar-refractivity contribution >= 4 is 38.5 Å². The van der Waals surface area contributed by atoms with Gasteiger partial charge in [0, 0.05) is 27.8 Å². The van der Waals surface area contributed by atoms with Crippen LogP contribution in [-0.4, -0.2) is 0 Å². The highest BCUT2D eigenvalue weighted by Crippen LogP contribution is 2.94. The Bertz CT molecular complexity index is 3570. The fourth-order valence-electron chi connectivity index (χ4n) is 15.5. The summed E-state index contributed by atoms with van der Waals surface area (Å²) < 4.78 is 0. The molecular formula is C66H51N. The van der Waals surface area contributed by atoms with Gasteiger partial charge in [0.05, 0.1) is 11.4 Å². The Morgan fingerprint density at radius 2 is 1.04 bits per heavy atom. The summed E-state index contributed by atoms with van der Waals surface area (Å²) in [4.78, 5) is 2.64. The zero-order valence-electron chi connectivity index (χ0n) is 37.9. The van der Waals surface area contributed by atoms with Crippen molar-refractivity contribution in [1.82, 2.24) is 0 Å². The summed E-state index contributed by atoms with van der Waals surface area (Å²) in [5.41, 5.74) is 20.6. The Morgan fingerprint density at radius 1 is 0.448 bits per heavy atom. The average Bonchev–Trinajstić information content (AvgIpc) is 3.66. The molecule has 9 aromatic rings. The Hall–Kier alpha value is -7.22. The van der Waals surface area contributed by atoms with Gasteiger partial charge in [0.15, 0.2) is 0 Å². The lowest BCUT2D eigenvalue weighted by molar-refractivity contribution is -0.412. The summed E-state index contributed by atoms with van der Waals surface area (Å²) >= 11 is 0.